The maximum Gasteiger partial charge on any atom is 0.345 e. The van der Waals surface area contributed by atoms with E-state index in [1.165, 1.54) is 24.3 Å². The quantitative estimate of drug-likeness (QED) is 0.851. The molecule has 0 saturated carbocycles. The second-order valence-electron chi connectivity index (χ2n) is 3.98. The Labute approximate surface area is 126 Å². The Kier molecular flexibility index (Phi) is 4.49. The maximum absolute atomic E-state index is 12.2. The minimum atomic E-state index is -3.75. The third-order valence-electron chi connectivity index (χ3n) is 2.50. The van der Waals surface area contributed by atoms with Crippen molar-refractivity contribution in [2.24, 2.45) is 0 Å². The molecule has 8 heteroatoms. The Morgan fingerprint density at radius 1 is 1.24 bits per heavy atom. The van der Waals surface area contributed by atoms with Gasteiger partial charge in [0.05, 0.1) is 11.5 Å². The van der Waals surface area contributed by atoms with Gasteiger partial charge in [0.15, 0.2) is 0 Å². The molecule has 2 aromatic rings. The van der Waals surface area contributed by atoms with Gasteiger partial charge in [0.2, 0.25) is 0 Å². The van der Waals surface area contributed by atoms with Crippen molar-refractivity contribution in [2.75, 3.05) is 11.3 Å². The first kappa shape index (κ1) is 15.3. The highest BCUT2D eigenvalue weighted by atomic mass is 32.2. The van der Waals surface area contributed by atoms with Crippen LogP contribution in [0.5, 0.6) is 5.75 Å². The van der Waals surface area contributed by atoms with Gasteiger partial charge >= 0.3 is 5.97 Å². The number of nitrogens with one attached hydrogen (secondary N) is 1. The third-order valence-corrected chi connectivity index (χ3v) is 5.00. The predicted octanol–water partition coefficient (Wildman–Crippen LogP) is 2.65. The van der Waals surface area contributed by atoms with E-state index in [9.17, 15) is 13.2 Å². The third kappa shape index (κ3) is 3.73. The largest absolute Gasteiger partial charge is 0.494 e. The smallest absolute Gasteiger partial charge is 0.345 e. The maximum atomic E-state index is 12.2. The molecule has 0 aliphatic carbocycles. The molecule has 112 valence electrons. The van der Waals surface area contributed by atoms with Crippen LogP contribution in [0.25, 0.3) is 0 Å². The van der Waals surface area contributed by atoms with Crippen molar-refractivity contribution in [1.29, 1.82) is 0 Å². The predicted molar refractivity (Wildman–Crippen MR) is 79.7 cm³/mol. The number of carbonyl (C=O) groups is 1. The molecule has 2 N–H and O–H groups in total. The number of rotatable bonds is 6. The zero-order chi connectivity index (χ0) is 15.5. The van der Waals surface area contributed by atoms with Crippen molar-refractivity contribution in [3.8, 4) is 5.75 Å². The minimum Gasteiger partial charge on any atom is -0.494 e. The summed E-state index contributed by atoms with van der Waals surface area (Å²) in [6.07, 6.45) is 0. The molecule has 6 nitrogen and oxygen atoms in total. The average molecular weight is 327 g/mol. The molecule has 0 radical (unpaired) electrons. The van der Waals surface area contributed by atoms with Gasteiger partial charge in [0, 0.05) is 0 Å². The van der Waals surface area contributed by atoms with E-state index >= 15 is 0 Å². The molecule has 0 saturated heterocycles. The zero-order valence-electron chi connectivity index (χ0n) is 11.1. The Hall–Kier alpha value is -2.06. The van der Waals surface area contributed by atoms with E-state index in [0.29, 0.717) is 12.4 Å². The fourth-order valence-corrected chi connectivity index (χ4v) is 3.62. The van der Waals surface area contributed by atoms with E-state index in [4.69, 9.17) is 9.84 Å². The van der Waals surface area contributed by atoms with Gasteiger partial charge in [0.1, 0.15) is 15.6 Å². The molecule has 0 unspecified atom stereocenters. The summed E-state index contributed by atoms with van der Waals surface area (Å²) in [7, 11) is -3.75. The Balaban J connectivity index is 2.18. The lowest BCUT2D eigenvalue weighted by molar-refractivity contribution is 0.0702. The van der Waals surface area contributed by atoms with Crippen molar-refractivity contribution >= 4 is 32.3 Å². The molecule has 0 aliphatic heterocycles. The highest BCUT2D eigenvalue weighted by Crippen LogP contribution is 2.25. The van der Waals surface area contributed by atoms with Crippen molar-refractivity contribution < 1.29 is 23.1 Å². The van der Waals surface area contributed by atoms with Crippen LogP contribution in [0.1, 0.15) is 16.6 Å². The summed E-state index contributed by atoms with van der Waals surface area (Å²) in [5, 5.41) is 9.07. The first-order valence-electron chi connectivity index (χ1n) is 6.01. The average Bonchev–Trinajstić information content (AvgIpc) is 2.88. The van der Waals surface area contributed by atoms with E-state index in [1.54, 1.807) is 12.1 Å². The van der Waals surface area contributed by atoms with Crippen molar-refractivity contribution in [3.05, 3.63) is 41.3 Å². The second kappa shape index (κ2) is 6.15. The van der Waals surface area contributed by atoms with Gasteiger partial charge in [-0.1, -0.05) is 0 Å². The van der Waals surface area contributed by atoms with Crippen LogP contribution in [0.3, 0.4) is 0 Å². The number of aromatic carboxylic acids is 1. The molecule has 2 rings (SSSR count). The summed E-state index contributed by atoms with van der Waals surface area (Å²) < 4.78 is 31.9. The number of hydrogen-bond donors (Lipinski definition) is 2. The standard InChI is InChI=1S/C13H13NO5S2/c1-2-19-9-3-5-10(6-4-9)21(17,18)14-12-8-7-11(20-12)13(15)16/h3-8,14H,2H2,1H3,(H,15,16). The van der Waals surface area contributed by atoms with Crippen LogP contribution < -0.4 is 9.46 Å². The zero-order valence-corrected chi connectivity index (χ0v) is 12.7. The SMILES string of the molecule is CCOc1ccc(S(=O)(=O)Nc2ccc(C(=O)O)s2)cc1. The molecule has 0 aliphatic rings. The summed E-state index contributed by atoms with van der Waals surface area (Å²) >= 11 is 0.859. The summed E-state index contributed by atoms with van der Waals surface area (Å²) in [4.78, 5) is 10.9. The topological polar surface area (TPSA) is 92.7 Å². The number of benzene rings is 1. The van der Waals surface area contributed by atoms with Crippen LogP contribution in [-0.2, 0) is 10.0 Å². The number of anilines is 1. The normalized spacial score (nSPS) is 11.1. The fraction of sp³-hybridized carbons (Fsp3) is 0.154. The first-order valence-corrected chi connectivity index (χ1v) is 8.31. The summed E-state index contributed by atoms with van der Waals surface area (Å²) in [6, 6.07) is 8.76. The van der Waals surface area contributed by atoms with Gasteiger partial charge in [-0.25, -0.2) is 13.2 Å². The van der Waals surface area contributed by atoms with Crippen LogP contribution in [0.2, 0.25) is 0 Å². The van der Waals surface area contributed by atoms with Gasteiger partial charge in [-0.3, -0.25) is 4.72 Å². The Bertz CT molecular complexity index is 734. The minimum absolute atomic E-state index is 0.0689. The molecule has 0 amide bonds. The summed E-state index contributed by atoms with van der Waals surface area (Å²) in [5.74, 6) is -0.507. The molecule has 1 aromatic carbocycles. The molecule has 21 heavy (non-hydrogen) atoms. The highest BCUT2D eigenvalue weighted by molar-refractivity contribution is 7.93. The van der Waals surface area contributed by atoms with Crippen molar-refractivity contribution in [1.82, 2.24) is 0 Å². The van der Waals surface area contributed by atoms with Crippen LogP contribution in [0.15, 0.2) is 41.3 Å². The molecular weight excluding hydrogens is 314 g/mol. The number of ether oxygens (including phenoxy) is 1. The lowest BCUT2D eigenvalue weighted by Gasteiger charge is -2.07. The molecule has 1 heterocycles. The monoisotopic (exact) mass is 327 g/mol. The number of thiophene rings is 1. The van der Waals surface area contributed by atoms with E-state index in [0.717, 1.165) is 11.3 Å². The summed E-state index contributed by atoms with van der Waals surface area (Å²) in [5.41, 5.74) is 0. The molecule has 0 atom stereocenters. The lowest BCUT2D eigenvalue weighted by atomic mass is 10.3. The van der Waals surface area contributed by atoms with Crippen LogP contribution in [-0.4, -0.2) is 26.1 Å². The number of carboxylic acids is 1. The first-order chi connectivity index (χ1) is 9.92. The number of carboxylic acid groups (broad SMARTS) is 1. The van der Waals surface area contributed by atoms with Gasteiger partial charge in [-0.2, -0.15) is 0 Å². The number of sulfonamides is 1. The van der Waals surface area contributed by atoms with Crippen LogP contribution in [0.4, 0.5) is 5.00 Å². The van der Waals surface area contributed by atoms with E-state index < -0.39 is 16.0 Å². The molecule has 0 spiro atoms. The Morgan fingerprint density at radius 3 is 2.43 bits per heavy atom. The van der Waals surface area contributed by atoms with Crippen LogP contribution >= 0.6 is 11.3 Å². The molecule has 0 bridgehead atoms. The van der Waals surface area contributed by atoms with E-state index in [2.05, 4.69) is 4.72 Å². The molecule has 1 aromatic heterocycles. The van der Waals surface area contributed by atoms with Crippen molar-refractivity contribution in [2.45, 2.75) is 11.8 Å². The van der Waals surface area contributed by atoms with Gasteiger partial charge < -0.3 is 9.84 Å². The van der Waals surface area contributed by atoms with E-state index in [1.807, 2.05) is 6.92 Å². The highest BCUT2D eigenvalue weighted by Gasteiger charge is 2.16. The second-order valence-corrected chi connectivity index (χ2v) is 6.75. The van der Waals surface area contributed by atoms with Crippen LogP contribution in [0, 0.1) is 0 Å². The molecule has 0 fully saturated rings. The summed E-state index contributed by atoms with van der Waals surface area (Å²) in [6.45, 7) is 2.33. The lowest BCUT2D eigenvalue weighted by Crippen LogP contribution is -2.11. The van der Waals surface area contributed by atoms with Crippen molar-refractivity contribution in [3.63, 3.8) is 0 Å². The van der Waals surface area contributed by atoms with Gasteiger partial charge in [0.25, 0.3) is 10.0 Å². The number of hydrogen-bond acceptors (Lipinski definition) is 5. The Morgan fingerprint density at radius 2 is 1.90 bits per heavy atom. The van der Waals surface area contributed by atoms with E-state index in [-0.39, 0.29) is 14.8 Å². The fourth-order valence-electron chi connectivity index (χ4n) is 1.58. The van der Waals surface area contributed by atoms with Gasteiger partial charge in [-0.15, -0.1) is 11.3 Å². The molecular formula is C13H13NO5S2. The van der Waals surface area contributed by atoms with Gasteiger partial charge in [-0.05, 0) is 43.3 Å².